The largest absolute Gasteiger partial charge is 0.433 e. The van der Waals surface area contributed by atoms with Gasteiger partial charge in [-0.2, -0.15) is 18.3 Å². The minimum atomic E-state index is -4.77. The Labute approximate surface area is 211 Å². The lowest BCUT2D eigenvalue weighted by Crippen LogP contribution is -2.25. The fourth-order valence-electron chi connectivity index (χ4n) is 3.69. The van der Waals surface area contributed by atoms with Gasteiger partial charge in [0.15, 0.2) is 0 Å². The molecule has 0 aliphatic carbocycles. The van der Waals surface area contributed by atoms with E-state index in [0.29, 0.717) is 16.9 Å². The summed E-state index contributed by atoms with van der Waals surface area (Å²) in [7, 11) is 0. The lowest BCUT2D eigenvalue weighted by Gasteiger charge is -2.15. The summed E-state index contributed by atoms with van der Waals surface area (Å²) in [5.74, 6) is -1.70. The van der Waals surface area contributed by atoms with Gasteiger partial charge in [0.1, 0.15) is 33.3 Å². The molecule has 0 saturated carbocycles. The van der Waals surface area contributed by atoms with E-state index in [1.54, 1.807) is 24.3 Å². The molecule has 0 spiro atoms. The van der Waals surface area contributed by atoms with Crippen LogP contribution < -0.4 is 11.1 Å². The number of anilines is 1. The minimum absolute atomic E-state index is 0.0917. The van der Waals surface area contributed by atoms with Crippen LogP contribution in [0.1, 0.15) is 39.6 Å². The van der Waals surface area contributed by atoms with Crippen molar-refractivity contribution < 1.29 is 27.7 Å². The maximum atomic E-state index is 13.7. The Hall–Kier alpha value is -4.33. The lowest BCUT2D eigenvalue weighted by atomic mass is 10.00. The molecule has 4 aromatic rings. The maximum absolute atomic E-state index is 13.7. The molecule has 2 amide bonds. The second-order valence-corrected chi connectivity index (χ2v) is 9.27. The summed E-state index contributed by atoms with van der Waals surface area (Å²) in [6, 6.07) is 6.43. The number of aromatic nitrogens is 3. The normalized spacial score (nSPS) is 12.5. The molecule has 1 atom stereocenters. The number of alkyl halides is 3. The SMILES string of the molecule is Cc1ccc(-c2cc(C(F)(F)F)nc3sc(C(N)=O)c(NC(=O)C(C)n4cc([N+](=O)[O-])c(C)n4)c23)cc1. The molecule has 192 valence electrons. The summed E-state index contributed by atoms with van der Waals surface area (Å²) >= 11 is 0.622. The van der Waals surface area contributed by atoms with Gasteiger partial charge in [0.2, 0.25) is 5.91 Å². The average Bonchev–Trinajstić information content (AvgIpc) is 3.39. The van der Waals surface area contributed by atoms with Crippen molar-refractivity contribution in [3.05, 3.63) is 68.5 Å². The van der Waals surface area contributed by atoms with Gasteiger partial charge in [-0.15, -0.1) is 11.3 Å². The molecule has 1 aromatic carbocycles. The average molecular weight is 533 g/mol. The van der Waals surface area contributed by atoms with Crippen LogP contribution in [0.4, 0.5) is 24.5 Å². The van der Waals surface area contributed by atoms with Gasteiger partial charge < -0.3 is 11.1 Å². The zero-order valence-corrected chi connectivity index (χ0v) is 20.4. The highest BCUT2D eigenvalue weighted by Gasteiger charge is 2.35. The highest BCUT2D eigenvalue weighted by molar-refractivity contribution is 7.21. The summed E-state index contributed by atoms with van der Waals surface area (Å²) in [6.07, 6.45) is -3.68. The van der Waals surface area contributed by atoms with Gasteiger partial charge in [0, 0.05) is 5.39 Å². The summed E-state index contributed by atoms with van der Waals surface area (Å²) in [5, 5.41) is 17.8. The number of benzene rings is 1. The second kappa shape index (κ2) is 9.28. The van der Waals surface area contributed by atoms with Crippen LogP contribution in [0, 0.1) is 24.0 Å². The smallest absolute Gasteiger partial charge is 0.365 e. The van der Waals surface area contributed by atoms with Crippen LogP contribution in [-0.4, -0.2) is 31.5 Å². The molecule has 10 nitrogen and oxygen atoms in total. The molecule has 0 aliphatic heterocycles. The van der Waals surface area contributed by atoms with Gasteiger partial charge in [0.25, 0.3) is 5.91 Å². The highest BCUT2D eigenvalue weighted by Crippen LogP contribution is 2.44. The number of aryl methyl sites for hydroxylation is 2. The number of primary amides is 1. The fourth-order valence-corrected chi connectivity index (χ4v) is 4.70. The first-order chi connectivity index (χ1) is 17.3. The Kier molecular flexibility index (Phi) is 6.46. The van der Waals surface area contributed by atoms with Crippen molar-refractivity contribution in [1.82, 2.24) is 14.8 Å². The molecule has 0 radical (unpaired) electrons. The van der Waals surface area contributed by atoms with Crippen molar-refractivity contribution in [3.63, 3.8) is 0 Å². The molecule has 3 heterocycles. The van der Waals surface area contributed by atoms with E-state index in [-0.39, 0.29) is 37.7 Å². The van der Waals surface area contributed by atoms with E-state index in [1.165, 1.54) is 13.8 Å². The minimum Gasteiger partial charge on any atom is -0.365 e. The Morgan fingerprint density at radius 3 is 2.41 bits per heavy atom. The van der Waals surface area contributed by atoms with Crippen molar-refractivity contribution >= 4 is 44.7 Å². The van der Waals surface area contributed by atoms with Gasteiger partial charge in [-0.25, -0.2) is 4.98 Å². The third kappa shape index (κ3) is 4.87. The third-order valence-electron chi connectivity index (χ3n) is 5.65. The van der Waals surface area contributed by atoms with E-state index in [9.17, 15) is 32.9 Å². The van der Waals surface area contributed by atoms with E-state index in [4.69, 9.17) is 5.73 Å². The van der Waals surface area contributed by atoms with Crippen molar-refractivity contribution in [2.45, 2.75) is 33.0 Å². The first-order valence-electron chi connectivity index (χ1n) is 10.7. The topological polar surface area (TPSA) is 146 Å². The van der Waals surface area contributed by atoms with Gasteiger partial charge in [0.05, 0.1) is 10.6 Å². The monoisotopic (exact) mass is 532 g/mol. The quantitative estimate of drug-likeness (QED) is 0.264. The number of carbonyl (C=O) groups is 2. The molecule has 37 heavy (non-hydrogen) atoms. The molecule has 0 fully saturated rings. The van der Waals surface area contributed by atoms with Gasteiger partial charge in [-0.3, -0.25) is 24.4 Å². The third-order valence-corrected chi connectivity index (χ3v) is 6.75. The van der Waals surface area contributed by atoms with Crippen LogP contribution in [-0.2, 0) is 11.0 Å². The molecular weight excluding hydrogens is 513 g/mol. The molecule has 14 heteroatoms. The number of halogens is 3. The van der Waals surface area contributed by atoms with Gasteiger partial charge in [-0.05, 0) is 38.0 Å². The van der Waals surface area contributed by atoms with Gasteiger partial charge >= 0.3 is 11.9 Å². The number of nitrogens with two attached hydrogens (primary N) is 1. The predicted molar refractivity (Wildman–Crippen MR) is 130 cm³/mol. The van der Waals surface area contributed by atoms with Crippen molar-refractivity contribution in [1.29, 1.82) is 0 Å². The Bertz CT molecular complexity index is 1560. The molecular formula is C23H19F3N6O4S. The number of fused-ring (bicyclic) bond motifs is 1. The molecule has 4 rings (SSSR count). The number of hydrogen-bond donors (Lipinski definition) is 2. The van der Waals surface area contributed by atoms with E-state index in [2.05, 4.69) is 15.4 Å². The Morgan fingerprint density at radius 2 is 1.86 bits per heavy atom. The number of nitrogens with zero attached hydrogens (tertiary/aromatic N) is 4. The number of amides is 2. The predicted octanol–water partition coefficient (Wildman–Crippen LogP) is 5.00. The Morgan fingerprint density at radius 1 is 1.22 bits per heavy atom. The van der Waals surface area contributed by atoms with Crippen LogP contribution in [0.2, 0.25) is 0 Å². The standard InChI is InChI=1S/C23H19F3N6O4S/c1-10-4-6-13(7-5-10)14-8-16(23(24,25)26)28-22-17(14)18(19(37-22)20(27)33)29-21(34)12(3)31-9-15(32(35)36)11(2)30-31/h4-9,12H,1-3H3,(H2,27,33)(H,29,34). The van der Waals surface area contributed by atoms with Crippen LogP contribution in [0.15, 0.2) is 36.5 Å². The van der Waals surface area contributed by atoms with Crippen LogP contribution in [0.25, 0.3) is 21.3 Å². The van der Waals surface area contributed by atoms with Gasteiger partial charge in [-0.1, -0.05) is 29.8 Å². The summed E-state index contributed by atoms with van der Waals surface area (Å²) in [5.41, 5.74) is 5.41. The van der Waals surface area contributed by atoms with E-state index >= 15 is 0 Å². The highest BCUT2D eigenvalue weighted by atomic mass is 32.1. The fraction of sp³-hybridized carbons (Fsp3) is 0.217. The first-order valence-corrected chi connectivity index (χ1v) is 11.5. The lowest BCUT2D eigenvalue weighted by molar-refractivity contribution is -0.385. The summed E-state index contributed by atoms with van der Waals surface area (Å²) in [6.45, 7) is 4.65. The number of nitro groups is 1. The zero-order chi connectivity index (χ0) is 27.2. The second-order valence-electron chi connectivity index (χ2n) is 8.27. The van der Waals surface area contributed by atoms with E-state index < -0.39 is 34.6 Å². The molecule has 0 aliphatic rings. The van der Waals surface area contributed by atoms with Crippen molar-refractivity contribution in [2.24, 2.45) is 5.73 Å². The summed E-state index contributed by atoms with van der Waals surface area (Å²) < 4.78 is 42.1. The molecule has 0 bridgehead atoms. The van der Waals surface area contributed by atoms with Crippen LogP contribution >= 0.6 is 11.3 Å². The van der Waals surface area contributed by atoms with Crippen molar-refractivity contribution in [3.8, 4) is 11.1 Å². The number of pyridine rings is 1. The Balaban J connectivity index is 1.89. The van der Waals surface area contributed by atoms with Crippen LogP contribution in [0.5, 0.6) is 0 Å². The number of carbonyl (C=O) groups excluding carboxylic acids is 2. The first kappa shape index (κ1) is 25.8. The van der Waals surface area contributed by atoms with Crippen LogP contribution in [0.3, 0.4) is 0 Å². The molecule has 3 aromatic heterocycles. The summed E-state index contributed by atoms with van der Waals surface area (Å²) in [4.78, 5) is 39.3. The number of nitrogens with one attached hydrogen (secondary N) is 1. The maximum Gasteiger partial charge on any atom is 0.433 e. The molecule has 1 unspecified atom stereocenters. The zero-order valence-electron chi connectivity index (χ0n) is 19.6. The molecule has 0 saturated heterocycles. The molecule has 3 N–H and O–H groups in total. The number of rotatable bonds is 6. The number of hydrogen-bond acceptors (Lipinski definition) is 7. The van der Waals surface area contributed by atoms with E-state index in [0.717, 1.165) is 22.5 Å². The van der Waals surface area contributed by atoms with E-state index in [1.807, 2.05) is 6.92 Å². The van der Waals surface area contributed by atoms with Crippen molar-refractivity contribution in [2.75, 3.05) is 5.32 Å². The number of thiophene rings is 1.